The van der Waals surface area contributed by atoms with Gasteiger partial charge in [0.1, 0.15) is 0 Å². The number of rotatable bonds is 4. The molecule has 2 saturated heterocycles. The van der Waals surface area contributed by atoms with Crippen LogP contribution in [0.1, 0.15) is 39.0 Å². The van der Waals surface area contributed by atoms with Gasteiger partial charge in [-0.15, -0.1) is 0 Å². The fraction of sp³-hybridized carbons (Fsp3) is 0.929. The molecule has 0 aliphatic carbocycles. The minimum Gasteiger partial charge on any atom is -0.340 e. The van der Waals surface area contributed by atoms with Gasteiger partial charge in [-0.25, -0.2) is 0 Å². The largest absolute Gasteiger partial charge is 0.340 e. The number of nitrogens with zero attached hydrogens (tertiary/aromatic N) is 2. The van der Waals surface area contributed by atoms with Gasteiger partial charge < -0.3 is 10.6 Å². The van der Waals surface area contributed by atoms with Gasteiger partial charge in [0.05, 0.1) is 0 Å². The Labute approximate surface area is 110 Å². The molecule has 0 aromatic rings. The molecule has 1 amide bonds. The Balaban J connectivity index is 1.84. The first-order valence-electron chi connectivity index (χ1n) is 7.45. The number of hydrogen-bond donors (Lipinski definition) is 1. The zero-order valence-electron chi connectivity index (χ0n) is 11.6. The number of nitrogens with two attached hydrogens (primary N) is 1. The molecule has 2 N–H and O–H groups in total. The molecule has 2 unspecified atom stereocenters. The van der Waals surface area contributed by atoms with E-state index in [-0.39, 0.29) is 5.92 Å². The summed E-state index contributed by atoms with van der Waals surface area (Å²) in [5.74, 6) is 0.484. The van der Waals surface area contributed by atoms with E-state index >= 15 is 0 Å². The third-order valence-electron chi connectivity index (χ3n) is 4.41. The predicted molar refractivity (Wildman–Crippen MR) is 73.2 cm³/mol. The Morgan fingerprint density at radius 1 is 1.33 bits per heavy atom. The van der Waals surface area contributed by atoms with Crippen molar-refractivity contribution < 1.29 is 4.79 Å². The van der Waals surface area contributed by atoms with Crippen molar-refractivity contribution >= 4 is 5.91 Å². The lowest BCUT2D eigenvalue weighted by Gasteiger charge is -2.44. The van der Waals surface area contributed by atoms with E-state index in [1.54, 1.807) is 0 Å². The molecule has 0 spiro atoms. The Morgan fingerprint density at radius 2 is 2.17 bits per heavy atom. The third-order valence-corrected chi connectivity index (χ3v) is 4.41. The van der Waals surface area contributed by atoms with E-state index in [0.717, 1.165) is 32.5 Å². The van der Waals surface area contributed by atoms with Crippen LogP contribution in [-0.4, -0.2) is 54.5 Å². The number of fused-ring (bicyclic) bond motifs is 1. The molecular formula is C14H27N3O. The van der Waals surface area contributed by atoms with E-state index in [1.807, 2.05) is 6.92 Å². The van der Waals surface area contributed by atoms with Gasteiger partial charge >= 0.3 is 0 Å². The van der Waals surface area contributed by atoms with Crippen molar-refractivity contribution in [1.29, 1.82) is 0 Å². The van der Waals surface area contributed by atoms with Crippen molar-refractivity contribution in [3.8, 4) is 0 Å². The van der Waals surface area contributed by atoms with Crippen molar-refractivity contribution in [1.82, 2.24) is 9.80 Å². The number of amides is 1. The van der Waals surface area contributed by atoms with Crippen LogP contribution in [0, 0.1) is 5.92 Å². The number of carbonyl (C=O) groups excluding carboxylic acids is 1. The summed E-state index contributed by atoms with van der Waals surface area (Å²) in [6, 6.07) is 0.623. The molecule has 0 aromatic heterocycles. The van der Waals surface area contributed by atoms with Crippen molar-refractivity contribution in [3.05, 3.63) is 0 Å². The van der Waals surface area contributed by atoms with Crippen LogP contribution in [0.4, 0.5) is 0 Å². The lowest BCUT2D eigenvalue weighted by Crippen LogP contribution is -2.56. The minimum absolute atomic E-state index is 0.142. The van der Waals surface area contributed by atoms with Crippen LogP contribution in [0.3, 0.4) is 0 Å². The third kappa shape index (κ3) is 3.23. The first-order chi connectivity index (χ1) is 8.72. The van der Waals surface area contributed by atoms with Gasteiger partial charge in [-0.2, -0.15) is 0 Å². The summed E-state index contributed by atoms with van der Waals surface area (Å²) in [4.78, 5) is 17.0. The summed E-state index contributed by atoms with van der Waals surface area (Å²) in [6.07, 6.45) is 5.81. The molecule has 2 rings (SSSR count). The highest BCUT2D eigenvalue weighted by Crippen LogP contribution is 2.22. The monoisotopic (exact) mass is 253 g/mol. The molecule has 2 aliphatic heterocycles. The molecule has 2 fully saturated rings. The van der Waals surface area contributed by atoms with Gasteiger partial charge in [-0.1, -0.05) is 13.3 Å². The lowest BCUT2D eigenvalue weighted by atomic mass is 9.97. The highest BCUT2D eigenvalue weighted by atomic mass is 16.2. The van der Waals surface area contributed by atoms with Crippen LogP contribution in [0.2, 0.25) is 0 Å². The predicted octanol–water partition coefficient (Wildman–Crippen LogP) is 1.06. The Morgan fingerprint density at radius 3 is 2.94 bits per heavy atom. The Kier molecular flexibility index (Phi) is 5.01. The highest BCUT2D eigenvalue weighted by Gasteiger charge is 2.32. The zero-order chi connectivity index (χ0) is 13.0. The van der Waals surface area contributed by atoms with E-state index in [9.17, 15) is 4.79 Å². The van der Waals surface area contributed by atoms with Crippen LogP contribution in [0.5, 0.6) is 0 Å². The molecule has 2 aliphatic rings. The Hall–Kier alpha value is -0.610. The molecular weight excluding hydrogens is 226 g/mol. The smallest absolute Gasteiger partial charge is 0.225 e. The molecule has 4 heteroatoms. The van der Waals surface area contributed by atoms with Crippen LogP contribution < -0.4 is 5.73 Å². The second kappa shape index (κ2) is 6.53. The average molecular weight is 253 g/mol. The lowest BCUT2D eigenvalue weighted by molar-refractivity contribution is -0.138. The topological polar surface area (TPSA) is 49.6 Å². The van der Waals surface area contributed by atoms with E-state index in [0.29, 0.717) is 18.5 Å². The maximum absolute atomic E-state index is 12.3. The summed E-state index contributed by atoms with van der Waals surface area (Å²) >= 11 is 0. The molecule has 0 aromatic carbocycles. The maximum Gasteiger partial charge on any atom is 0.225 e. The van der Waals surface area contributed by atoms with Crippen molar-refractivity contribution in [2.75, 3.05) is 32.7 Å². The van der Waals surface area contributed by atoms with Gasteiger partial charge in [0.15, 0.2) is 0 Å². The minimum atomic E-state index is 0.142. The first kappa shape index (κ1) is 13.8. The number of hydrogen-bond acceptors (Lipinski definition) is 3. The van der Waals surface area contributed by atoms with Crippen LogP contribution >= 0.6 is 0 Å². The zero-order valence-corrected chi connectivity index (χ0v) is 11.6. The van der Waals surface area contributed by atoms with Crippen molar-refractivity contribution in [2.45, 2.75) is 45.1 Å². The van der Waals surface area contributed by atoms with Gasteiger partial charge in [0.2, 0.25) is 5.91 Å². The summed E-state index contributed by atoms with van der Waals surface area (Å²) < 4.78 is 0. The van der Waals surface area contributed by atoms with E-state index in [1.165, 1.54) is 25.8 Å². The molecule has 18 heavy (non-hydrogen) atoms. The normalized spacial score (nSPS) is 26.8. The molecule has 104 valence electrons. The number of piperidine rings is 1. The summed E-state index contributed by atoms with van der Waals surface area (Å²) in [6.45, 7) is 6.91. The molecule has 0 radical (unpaired) electrons. The fourth-order valence-electron chi connectivity index (χ4n) is 3.22. The van der Waals surface area contributed by atoms with Crippen molar-refractivity contribution in [2.24, 2.45) is 11.7 Å². The second-order valence-electron chi connectivity index (χ2n) is 5.80. The molecule has 2 atom stereocenters. The Bertz CT molecular complexity index is 282. The molecule has 0 bridgehead atoms. The van der Waals surface area contributed by atoms with Gasteiger partial charge in [0, 0.05) is 31.6 Å². The number of piperazine rings is 1. The summed E-state index contributed by atoms with van der Waals surface area (Å²) in [5, 5.41) is 0. The quantitative estimate of drug-likeness (QED) is 0.815. The average Bonchev–Trinajstić information content (AvgIpc) is 2.43. The van der Waals surface area contributed by atoms with Crippen LogP contribution in [0.15, 0.2) is 0 Å². The number of carbonyl (C=O) groups is 1. The van der Waals surface area contributed by atoms with Gasteiger partial charge in [0.25, 0.3) is 0 Å². The van der Waals surface area contributed by atoms with E-state index in [2.05, 4.69) is 9.80 Å². The van der Waals surface area contributed by atoms with E-state index in [4.69, 9.17) is 5.73 Å². The second-order valence-corrected chi connectivity index (χ2v) is 5.80. The van der Waals surface area contributed by atoms with E-state index < -0.39 is 0 Å². The summed E-state index contributed by atoms with van der Waals surface area (Å²) in [5.41, 5.74) is 5.51. The van der Waals surface area contributed by atoms with Crippen molar-refractivity contribution in [3.63, 3.8) is 0 Å². The molecule has 4 nitrogen and oxygen atoms in total. The SMILES string of the molecule is CC(CCCN)C(=O)N1CCN2CCCCC2C1. The molecule has 2 heterocycles. The molecule has 0 saturated carbocycles. The summed E-state index contributed by atoms with van der Waals surface area (Å²) in [7, 11) is 0. The maximum atomic E-state index is 12.3. The highest BCUT2D eigenvalue weighted by molar-refractivity contribution is 5.78. The van der Waals surface area contributed by atoms with Crippen LogP contribution in [-0.2, 0) is 4.79 Å². The van der Waals surface area contributed by atoms with Gasteiger partial charge in [-0.3, -0.25) is 9.69 Å². The van der Waals surface area contributed by atoms with Crippen LogP contribution in [0.25, 0.3) is 0 Å². The van der Waals surface area contributed by atoms with Gasteiger partial charge in [-0.05, 0) is 38.8 Å². The fourth-order valence-corrected chi connectivity index (χ4v) is 3.22. The first-order valence-corrected chi connectivity index (χ1v) is 7.45. The standard InChI is InChI=1S/C14H27N3O/c1-12(5-4-7-15)14(18)17-10-9-16-8-3-2-6-13(16)11-17/h12-13H,2-11,15H2,1H3.